The minimum atomic E-state index is -3.08. The molecule has 3 aromatic rings. The van der Waals surface area contributed by atoms with Crippen LogP contribution >= 0.6 is 23.2 Å². The highest BCUT2D eigenvalue weighted by Gasteiger charge is 2.35. The highest BCUT2D eigenvalue weighted by Crippen LogP contribution is 2.39. The summed E-state index contributed by atoms with van der Waals surface area (Å²) in [6, 6.07) is 8.85. The largest absolute Gasteiger partial charge is 0.755 e. The molecule has 3 atom stereocenters. The predicted molar refractivity (Wildman–Crippen MR) is 208 cm³/mol. The van der Waals surface area contributed by atoms with Crippen molar-refractivity contribution in [3.63, 3.8) is 0 Å². The highest BCUT2D eigenvalue weighted by atomic mass is 35.5. The van der Waals surface area contributed by atoms with Gasteiger partial charge >= 0.3 is 18.6 Å². The predicted octanol–water partition coefficient (Wildman–Crippen LogP) is 8.00. The van der Waals surface area contributed by atoms with Crippen LogP contribution in [0.15, 0.2) is 48.8 Å². The number of nitrogens with zero attached hydrogens (tertiary/aromatic N) is 3. The molecule has 2 aromatic carbocycles. The maximum absolute atomic E-state index is 14.2. The lowest BCUT2D eigenvalue weighted by Crippen LogP contribution is -2.38. The molecule has 1 unspecified atom stereocenters. The van der Waals surface area contributed by atoms with Crippen molar-refractivity contribution in [1.82, 2.24) is 9.88 Å². The van der Waals surface area contributed by atoms with Crippen LogP contribution in [0.3, 0.4) is 0 Å². The van der Waals surface area contributed by atoms with Gasteiger partial charge in [-0.3, -0.25) is 28.0 Å². The first-order valence-electron chi connectivity index (χ1n) is 18.9. The summed E-state index contributed by atoms with van der Waals surface area (Å²) in [6.45, 7) is 2.96. The molecular weight excluding hydrogens is 807 g/mol. The van der Waals surface area contributed by atoms with Gasteiger partial charge < -0.3 is 28.2 Å². The molecule has 2 aliphatic carbocycles. The van der Waals surface area contributed by atoms with Gasteiger partial charge in [0.1, 0.15) is 30.0 Å². The first-order valence-corrected chi connectivity index (χ1v) is 20.7. The maximum Gasteiger partial charge on any atom is 0.387 e. The Labute approximate surface area is 343 Å². The monoisotopic (exact) mass is 852 g/mol. The Bertz CT molecular complexity index is 1910. The van der Waals surface area contributed by atoms with Gasteiger partial charge in [-0.15, -0.1) is 0 Å². The van der Waals surface area contributed by atoms with Gasteiger partial charge in [-0.05, 0) is 119 Å². The zero-order valence-electron chi connectivity index (χ0n) is 31.9. The standard InChI is InChI=1S/C40H47Cl2F2N3O9S/c1-40(2,3)56-37(48)21-47(57(50)51)32-15-26(10-12-33(32)52-22-24-6-7-24)20-46-14-4-5-31(46)38(49)54-35(17-28-29(41)18-45-19-30(28)42)27-11-13-34(55-39(43)44)36(16-27)53-23-25-8-9-25/h10-13,15-16,18-19,24-25,31,35,39H,4-9,14,17,20-23H2,1-3H3,(H,50,51)/p-1/t31-,35-/m0/s1. The third kappa shape index (κ3) is 12.4. The van der Waals surface area contributed by atoms with Crippen LogP contribution < -0.4 is 18.5 Å². The molecule has 3 aliphatic rings. The van der Waals surface area contributed by atoms with Gasteiger partial charge in [0.2, 0.25) is 0 Å². The lowest BCUT2D eigenvalue weighted by atomic mass is 10.0. The van der Waals surface area contributed by atoms with E-state index in [1.54, 1.807) is 39.0 Å². The average Bonchev–Trinajstić information content (AvgIpc) is 4.08. The molecular formula is C40H46Cl2F2N3O9S-. The second kappa shape index (κ2) is 18.9. The molecule has 0 amide bonds. The van der Waals surface area contributed by atoms with E-state index in [-0.39, 0.29) is 40.2 Å². The number of benzene rings is 2. The topological polar surface area (TPSA) is 140 Å². The average molecular weight is 854 g/mol. The quantitative estimate of drug-likeness (QED) is 0.0856. The van der Waals surface area contributed by atoms with E-state index in [4.69, 9.17) is 46.9 Å². The van der Waals surface area contributed by atoms with Crippen molar-refractivity contribution in [2.24, 2.45) is 11.8 Å². The summed E-state index contributed by atoms with van der Waals surface area (Å²) in [7, 11) is 0. The number of hydrogen-bond donors (Lipinski definition) is 0. The fraction of sp³-hybridized carbons (Fsp3) is 0.525. The Morgan fingerprint density at radius 1 is 0.965 bits per heavy atom. The zero-order valence-corrected chi connectivity index (χ0v) is 34.3. The third-order valence-electron chi connectivity index (χ3n) is 9.68. The number of alkyl halides is 2. The fourth-order valence-corrected chi connectivity index (χ4v) is 7.52. The van der Waals surface area contributed by atoms with E-state index < -0.39 is 54.1 Å². The van der Waals surface area contributed by atoms with E-state index in [1.807, 2.05) is 4.90 Å². The summed E-state index contributed by atoms with van der Waals surface area (Å²) < 4.78 is 81.1. The molecule has 2 saturated carbocycles. The van der Waals surface area contributed by atoms with E-state index in [2.05, 4.69) is 4.98 Å². The van der Waals surface area contributed by atoms with Crippen molar-refractivity contribution in [3.8, 4) is 17.2 Å². The van der Waals surface area contributed by atoms with Crippen molar-refractivity contribution in [1.29, 1.82) is 0 Å². The number of anilines is 1. The van der Waals surface area contributed by atoms with Gasteiger partial charge in [-0.1, -0.05) is 35.3 Å². The molecule has 0 bridgehead atoms. The number of carbonyl (C=O) groups excluding carboxylic acids is 2. The summed E-state index contributed by atoms with van der Waals surface area (Å²) in [5.41, 5.74) is 0.948. The van der Waals surface area contributed by atoms with Crippen LogP contribution in [0.5, 0.6) is 17.2 Å². The Morgan fingerprint density at radius 2 is 1.61 bits per heavy atom. The van der Waals surface area contributed by atoms with Gasteiger partial charge in [0, 0.05) is 36.6 Å². The number of ether oxygens (including phenoxy) is 5. The molecule has 1 saturated heterocycles. The van der Waals surface area contributed by atoms with Crippen LogP contribution in [0, 0.1) is 11.8 Å². The summed E-state index contributed by atoms with van der Waals surface area (Å²) in [6.07, 6.45) is 7.08. The molecule has 3 fully saturated rings. The molecule has 310 valence electrons. The summed E-state index contributed by atoms with van der Waals surface area (Å²) in [5, 5.41) is 0.517. The molecule has 0 radical (unpaired) electrons. The van der Waals surface area contributed by atoms with Gasteiger partial charge in [0.15, 0.2) is 11.5 Å². The Morgan fingerprint density at radius 3 is 2.23 bits per heavy atom. The first-order chi connectivity index (χ1) is 27.1. The molecule has 1 aromatic heterocycles. The number of aromatic nitrogens is 1. The van der Waals surface area contributed by atoms with Crippen LogP contribution in [-0.4, -0.2) is 75.1 Å². The van der Waals surface area contributed by atoms with Crippen LogP contribution in [-0.2, 0) is 43.3 Å². The van der Waals surface area contributed by atoms with Crippen molar-refractivity contribution in [2.45, 2.75) is 96.6 Å². The van der Waals surface area contributed by atoms with E-state index in [0.29, 0.717) is 66.9 Å². The summed E-state index contributed by atoms with van der Waals surface area (Å²) in [5.74, 6) is -0.310. The molecule has 1 aliphatic heterocycles. The summed E-state index contributed by atoms with van der Waals surface area (Å²) >= 11 is 10.2. The molecule has 0 spiro atoms. The van der Waals surface area contributed by atoms with E-state index in [1.165, 1.54) is 30.6 Å². The normalized spacial score (nSPS) is 18.2. The minimum absolute atomic E-state index is 0.0429. The second-order valence-electron chi connectivity index (χ2n) is 15.6. The van der Waals surface area contributed by atoms with Crippen molar-refractivity contribution >= 4 is 52.1 Å². The Balaban J connectivity index is 1.25. The van der Waals surface area contributed by atoms with Crippen LogP contribution in [0.25, 0.3) is 0 Å². The van der Waals surface area contributed by atoms with Crippen molar-refractivity contribution < 1.29 is 50.8 Å². The van der Waals surface area contributed by atoms with Gasteiger partial charge in [0.25, 0.3) is 0 Å². The lowest BCUT2D eigenvalue weighted by molar-refractivity contribution is -0.155. The number of esters is 2. The molecule has 12 nitrogen and oxygen atoms in total. The highest BCUT2D eigenvalue weighted by molar-refractivity contribution is 7.80. The van der Waals surface area contributed by atoms with Crippen LogP contribution in [0.2, 0.25) is 10.0 Å². The van der Waals surface area contributed by atoms with E-state index in [9.17, 15) is 27.1 Å². The Hall–Kier alpha value is -3.76. The molecule has 17 heteroatoms. The number of rotatable bonds is 19. The van der Waals surface area contributed by atoms with E-state index in [0.717, 1.165) is 30.0 Å². The van der Waals surface area contributed by atoms with Crippen LogP contribution in [0.1, 0.15) is 82.1 Å². The molecule has 0 N–H and O–H groups in total. The van der Waals surface area contributed by atoms with Gasteiger partial charge in [-0.25, -0.2) is 0 Å². The maximum atomic E-state index is 14.2. The van der Waals surface area contributed by atoms with Crippen molar-refractivity contribution in [2.75, 3.05) is 30.6 Å². The number of likely N-dealkylation sites (tertiary alicyclic amines) is 1. The lowest BCUT2D eigenvalue weighted by Gasteiger charge is -2.30. The summed E-state index contributed by atoms with van der Waals surface area (Å²) in [4.78, 5) is 32.9. The smallest absolute Gasteiger partial charge is 0.387 e. The van der Waals surface area contributed by atoms with Gasteiger partial charge in [-0.2, -0.15) is 8.78 Å². The second-order valence-corrected chi connectivity index (χ2v) is 17.3. The number of hydrogen-bond acceptors (Lipinski definition) is 11. The van der Waals surface area contributed by atoms with E-state index >= 15 is 0 Å². The fourth-order valence-electron chi connectivity index (χ4n) is 6.48. The van der Waals surface area contributed by atoms with Crippen LogP contribution in [0.4, 0.5) is 14.5 Å². The number of pyridine rings is 1. The first kappa shape index (κ1) is 42.8. The number of halogens is 4. The Kier molecular flexibility index (Phi) is 14.2. The zero-order chi connectivity index (χ0) is 40.9. The molecule has 2 heterocycles. The number of carbonyl (C=O) groups is 2. The minimum Gasteiger partial charge on any atom is -0.755 e. The van der Waals surface area contributed by atoms with Gasteiger partial charge in [0.05, 0.1) is 28.9 Å². The molecule has 6 rings (SSSR count). The third-order valence-corrected chi connectivity index (χ3v) is 11.0. The van der Waals surface area contributed by atoms with Crippen molar-refractivity contribution in [3.05, 3.63) is 75.5 Å². The molecule has 57 heavy (non-hydrogen) atoms. The SMILES string of the molecule is CC(C)(C)OC(=O)CN(c1cc(CN2CCC[C@H]2C(=O)O[C@@H](Cc2c(Cl)cncc2Cl)c2ccc(OC(F)F)c(OCC3CC3)c2)ccc1OCC1CC1)S(=O)[O-].